The first kappa shape index (κ1) is 14.1. The van der Waals surface area contributed by atoms with Crippen molar-refractivity contribution in [2.24, 2.45) is 0 Å². The summed E-state index contributed by atoms with van der Waals surface area (Å²) < 4.78 is 25.9. The number of carbonyl (C=O) groups is 1. The Balaban J connectivity index is 2.99. The van der Waals surface area contributed by atoms with Crippen molar-refractivity contribution < 1.29 is 18.3 Å². The van der Waals surface area contributed by atoms with E-state index in [9.17, 15) is 13.2 Å². The van der Waals surface area contributed by atoms with Gasteiger partial charge < -0.3 is 5.11 Å². The lowest BCUT2D eigenvalue weighted by Gasteiger charge is -2.02. The summed E-state index contributed by atoms with van der Waals surface area (Å²) >= 11 is 3.82. The van der Waals surface area contributed by atoms with E-state index >= 15 is 0 Å². The van der Waals surface area contributed by atoms with Gasteiger partial charge in [-0.1, -0.05) is 0 Å². The van der Waals surface area contributed by atoms with Gasteiger partial charge >= 0.3 is 5.97 Å². The molecule has 0 aliphatic carbocycles. The first-order valence-electron chi connectivity index (χ1n) is 4.27. The summed E-state index contributed by atoms with van der Waals surface area (Å²) in [5.41, 5.74) is 0. The number of carboxylic acids is 1. The van der Waals surface area contributed by atoms with E-state index in [0.717, 1.165) is 17.4 Å². The van der Waals surface area contributed by atoms with Gasteiger partial charge in [-0.25, -0.2) is 17.9 Å². The van der Waals surface area contributed by atoms with E-state index in [1.54, 1.807) is 6.07 Å². The van der Waals surface area contributed by atoms with E-state index in [1.165, 1.54) is 0 Å². The van der Waals surface area contributed by atoms with Crippen LogP contribution in [0.1, 0.15) is 16.1 Å². The zero-order chi connectivity index (χ0) is 13.1. The van der Waals surface area contributed by atoms with Crippen LogP contribution in [0.15, 0.2) is 14.7 Å². The Morgan fingerprint density at radius 2 is 2.29 bits per heavy atom. The molecule has 6 nitrogen and oxygen atoms in total. The van der Waals surface area contributed by atoms with Gasteiger partial charge in [-0.05, 0) is 22.0 Å². The molecule has 17 heavy (non-hydrogen) atoms. The fraction of sp³-hybridized carbons (Fsp3) is 0.250. The Labute approximate surface area is 110 Å². The number of halogens is 1. The highest BCUT2D eigenvalue weighted by Gasteiger charge is 2.22. The molecule has 0 saturated carbocycles. The average Bonchev–Trinajstić information content (AvgIpc) is 2.61. The smallest absolute Gasteiger partial charge is 0.345 e. The monoisotopic (exact) mass is 338 g/mol. The first-order chi connectivity index (χ1) is 7.88. The van der Waals surface area contributed by atoms with Gasteiger partial charge in [0, 0.05) is 13.0 Å². The molecule has 0 aliphatic heterocycles. The van der Waals surface area contributed by atoms with Crippen LogP contribution in [0.3, 0.4) is 0 Å². The Kier molecular flexibility index (Phi) is 4.64. The number of hydrogen-bond acceptors (Lipinski definition) is 5. The van der Waals surface area contributed by atoms with Crippen molar-refractivity contribution in [3.63, 3.8) is 0 Å². The molecule has 0 aliphatic rings. The normalized spacial score (nSPS) is 11.1. The third kappa shape index (κ3) is 3.50. The molecule has 0 atom stereocenters. The van der Waals surface area contributed by atoms with Crippen LogP contribution in [-0.2, 0) is 10.0 Å². The number of aromatic carboxylic acids is 1. The SMILES string of the molecule is N#CCCNS(=O)(=O)c1cc(C(=O)O)sc1Br. The average molecular weight is 339 g/mol. The van der Waals surface area contributed by atoms with Gasteiger partial charge in [0.05, 0.1) is 9.86 Å². The summed E-state index contributed by atoms with van der Waals surface area (Å²) in [7, 11) is -3.78. The van der Waals surface area contributed by atoms with E-state index in [1.807, 2.05) is 0 Å². The molecular formula is C8H7BrN2O4S2. The van der Waals surface area contributed by atoms with Gasteiger partial charge in [0.1, 0.15) is 9.77 Å². The molecule has 1 rings (SSSR count). The lowest BCUT2D eigenvalue weighted by atomic mass is 10.5. The number of sulfonamides is 1. The number of nitrogens with one attached hydrogen (secondary N) is 1. The molecule has 1 aromatic heterocycles. The van der Waals surface area contributed by atoms with E-state index in [-0.39, 0.29) is 26.5 Å². The summed E-state index contributed by atoms with van der Waals surface area (Å²) in [5, 5.41) is 17.0. The zero-order valence-corrected chi connectivity index (χ0v) is 11.5. The minimum Gasteiger partial charge on any atom is -0.477 e. The molecule has 0 spiro atoms. The van der Waals surface area contributed by atoms with Gasteiger partial charge in [0.15, 0.2) is 0 Å². The second kappa shape index (κ2) is 5.59. The standard InChI is InChI=1S/C8H7BrN2O4S2/c9-7-6(4-5(16-7)8(12)13)17(14,15)11-3-1-2-10/h4,11H,1,3H2,(H,12,13). The molecule has 0 fully saturated rings. The molecule has 0 radical (unpaired) electrons. The quantitative estimate of drug-likeness (QED) is 0.789. The first-order valence-corrected chi connectivity index (χ1v) is 7.37. The largest absolute Gasteiger partial charge is 0.477 e. The minimum absolute atomic E-state index is 0.0104. The van der Waals surface area contributed by atoms with Crippen molar-refractivity contribution in [3.8, 4) is 6.07 Å². The highest BCUT2D eigenvalue weighted by Crippen LogP contribution is 2.31. The number of nitrogens with zero attached hydrogens (tertiary/aromatic N) is 1. The van der Waals surface area contributed by atoms with Crippen molar-refractivity contribution in [1.29, 1.82) is 5.26 Å². The fourth-order valence-electron chi connectivity index (χ4n) is 0.960. The molecule has 2 N–H and O–H groups in total. The van der Waals surface area contributed by atoms with Crippen LogP contribution in [0, 0.1) is 11.3 Å². The molecule has 0 unspecified atom stereocenters. The highest BCUT2D eigenvalue weighted by molar-refractivity contribution is 9.11. The number of rotatable bonds is 5. The Bertz CT molecular complexity index is 573. The molecule has 92 valence electrons. The van der Waals surface area contributed by atoms with Gasteiger partial charge in [-0.3, -0.25) is 0 Å². The van der Waals surface area contributed by atoms with Crippen molar-refractivity contribution in [2.45, 2.75) is 11.3 Å². The maximum Gasteiger partial charge on any atom is 0.345 e. The zero-order valence-electron chi connectivity index (χ0n) is 8.31. The third-order valence-corrected chi connectivity index (χ3v) is 5.39. The molecular weight excluding hydrogens is 332 g/mol. The molecule has 1 aromatic rings. The summed E-state index contributed by atoms with van der Waals surface area (Å²) in [6.07, 6.45) is 0.0484. The van der Waals surface area contributed by atoms with Crippen molar-refractivity contribution in [3.05, 3.63) is 14.7 Å². The molecule has 0 bridgehead atoms. The third-order valence-electron chi connectivity index (χ3n) is 1.68. The van der Waals surface area contributed by atoms with Crippen LogP contribution >= 0.6 is 27.3 Å². The van der Waals surface area contributed by atoms with E-state index in [2.05, 4.69) is 20.7 Å². The Hall–Kier alpha value is -0.950. The number of hydrogen-bond donors (Lipinski definition) is 2. The van der Waals surface area contributed by atoms with Crippen LogP contribution in [0.25, 0.3) is 0 Å². The van der Waals surface area contributed by atoms with Crippen molar-refractivity contribution in [1.82, 2.24) is 4.72 Å². The second-order valence-corrected chi connectivity index (χ2v) is 6.97. The predicted molar refractivity (Wildman–Crippen MR) is 64.4 cm³/mol. The van der Waals surface area contributed by atoms with Crippen molar-refractivity contribution in [2.75, 3.05) is 6.54 Å². The molecule has 1 heterocycles. The van der Waals surface area contributed by atoms with E-state index in [4.69, 9.17) is 10.4 Å². The molecule has 0 aromatic carbocycles. The van der Waals surface area contributed by atoms with Crippen LogP contribution in [0.2, 0.25) is 0 Å². The maximum absolute atomic E-state index is 11.7. The summed E-state index contributed by atoms with van der Waals surface area (Å²) in [5.74, 6) is -1.19. The highest BCUT2D eigenvalue weighted by atomic mass is 79.9. The van der Waals surface area contributed by atoms with Gasteiger partial charge in [0.25, 0.3) is 0 Å². The fourth-order valence-corrected chi connectivity index (χ4v) is 4.39. The summed E-state index contributed by atoms with van der Waals surface area (Å²) in [4.78, 5) is 10.5. The van der Waals surface area contributed by atoms with Gasteiger partial charge in [-0.15, -0.1) is 11.3 Å². The van der Waals surface area contributed by atoms with Crippen LogP contribution in [0.4, 0.5) is 0 Å². The number of thiophene rings is 1. The molecule has 0 amide bonds. The lowest BCUT2D eigenvalue weighted by molar-refractivity contribution is 0.0702. The summed E-state index contributed by atoms with van der Waals surface area (Å²) in [6, 6.07) is 2.87. The van der Waals surface area contributed by atoms with Gasteiger partial charge in [0.2, 0.25) is 10.0 Å². The molecule has 0 saturated heterocycles. The van der Waals surface area contributed by atoms with E-state index in [0.29, 0.717) is 0 Å². The van der Waals surface area contributed by atoms with Crippen LogP contribution in [0.5, 0.6) is 0 Å². The van der Waals surface area contributed by atoms with Crippen LogP contribution in [-0.4, -0.2) is 26.0 Å². The molecule has 9 heteroatoms. The Morgan fingerprint density at radius 3 is 2.76 bits per heavy atom. The predicted octanol–water partition coefficient (Wildman–Crippen LogP) is 1.40. The number of nitriles is 1. The van der Waals surface area contributed by atoms with Crippen molar-refractivity contribution >= 4 is 43.3 Å². The summed E-state index contributed by atoms with van der Waals surface area (Å²) in [6.45, 7) is -0.0104. The minimum atomic E-state index is -3.78. The topological polar surface area (TPSA) is 107 Å². The van der Waals surface area contributed by atoms with Gasteiger partial charge in [-0.2, -0.15) is 5.26 Å². The Morgan fingerprint density at radius 1 is 1.65 bits per heavy atom. The maximum atomic E-state index is 11.7. The van der Waals surface area contributed by atoms with Crippen LogP contribution < -0.4 is 4.72 Å². The second-order valence-electron chi connectivity index (χ2n) is 2.86. The lowest BCUT2D eigenvalue weighted by Crippen LogP contribution is -2.24. The van der Waals surface area contributed by atoms with E-state index < -0.39 is 16.0 Å². The number of carboxylic acid groups (broad SMARTS) is 1.